The maximum atomic E-state index is 12.7. The van der Waals surface area contributed by atoms with Crippen molar-refractivity contribution in [3.05, 3.63) is 57.8 Å². The summed E-state index contributed by atoms with van der Waals surface area (Å²) < 4.78 is 0. The normalized spacial score (nSPS) is 13.6. The van der Waals surface area contributed by atoms with Gasteiger partial charge in [0.05, 0.1) is 6.54 Å². The molecule has 1 aliphatic rings. The molecule has 1 fully saturated rings. The highest BCUT2D eigenvalue weighted by Gasteiger charge is 2.33. The highest BCUT2D eigenvalue weighted by atomic mass is 35.5. The van der Waals surface area contributed by atoms with E-state index in [1.54, 1.807) is 11.3 Å². The number of nitrogens with zero attached hydrogens (tertiary/aromatic N) is 1. The van der Waals surface area contributed by atoms with Gasteiger partial charge in [-0.3, -0.25) is 4.79 Å². The van der Waals surface area contributed by atoms with Crippen molar-refractivity contribution in [1.82, 2.24) is 4.90 Å². The second-order valence-corrected chi connectivity index (χ2v) is 6.18. The molecule has 0 aliphatic heterocycles. The summed E-state index contributed by atoms with van der Waals surface area (Å²) in [5.74, 6) is 0.129. The Balaban J connectivity index is 0.00000161. The summed E-state index contributed by atoms with van der Waals surface area (Å²) in [6.07, 6.45) is 2.25. The Kier molecular flexibility index (Phi) is 5.39. The van der Waals surface area contributed by atoms with Crippen LogP contribution < -0.4 is 5.73 Å². The first-order valence-electron chi connectivity index (χ1n) is 6.90. The fraction of sp³-hybridized carbons (Fsp3) is 0.312. The van der Waals surface area contributed by atoms with Gasteiger partial charge in [0.15, 0.2) is 0 Å². The van der Waals surface area contributed by atoms with Crippen LogP contribution in [0.4, 0.5) is 0 Å². The van der Waals surface area contributed by atoms with Crippen LogP contribution in [0.2, 0.25) is 0 Å². The molecule has 5 heteroatoms. The SMILES string of the molecule is Cl.NCc1ccc(C(=O)N(Cc2cccs2)C2CC2)cc1. The molecule has 1 amide bonds. The van der Waals surface area contributed by atoms with Crippen molar-refractivity contribution in [3.8, 4) is 0 Å². The Hall–Kier alpha value is -1.36. The van der Waals surface area contributed by atoms with E-state index in [-0.39, 0.29) is 18.3 Å². The third-order valence-corrected chi connectivity index (χ3v) is 4.45. The molecule has 0 unspecified atom stereocenters. The molecule has 2 N–H and O–H groups in total. The summed E-state index contributed by atoms with van der Waals surface area (Å²) in [4.78, 5) is 15.9. The van der Waals surface area contributed by atoms with Gasteiger partial charge in [0.1, 0.15) is 0 Å². The van der Waals surface area contributed by atoms with E-state index < -0.39 is 0 Å². The molecule has 1 heterocycles. The van der Waals surface area contributed by atoms with E-state index >= 15 is 0 Å². The molecular weight excluding hydrogens is 304 g/mol. The summed E-state index contributed by atoms with van der Waals surface area (Å²) in [7, 11) is 0. The van der Waals surface area contributed by atoms with Crippen molar-refractivity contribution >= 4 is 29.7 Å². The molecule has 1 saturated carbocycles. The van der Waals surface area contributed by atoms with E-state index in [1.165, 1.54) is 4.88 Å². The Morgan fingerprint density at radius 2 is 1.95 bits per heavy atom. The number of hydrogen-bond acceptors (Lipinski definition) is 3. The van der Waals surface area contributed by atoms with Gasteiger partial charge in [0, 0.05) is 23.0 Å². The Morgan fingerprint density at radius 3 is 2.48 bits per heavy atom. The van der Waals surface area contributed by atoms with Gasteiger partial charge in [0.25, 0.3) is 5.91 Å². The van der Waals surface area contributed by atoms with E-state index in [9.17, 15) is 4.79 Å². The second-order valence-electron chi connectivity index (χ2n) is 5.14. The maximum Gasteiger partial charge on any atom is 0.254 e. The van der Waals surface area contributed by atoms with Crippen molar-refractivity contribution in [2.75, 3.05) is 0 Å². The predicted octanol–water partition coefficient (Wildman–Crippen LogP) is 3.43. The zero-order valence-electron chi connectivity index (χ0n) is 11.7. The Morgan fingerprint density at radius 1 is 1.24 bits per heavy atom. The van der Waals surface area contributed by atoms with Crippen molar-refractivity contribution < 1.29 is 4.79 Å². The van der Waals surface area contributed by atoms with E-state index in [0.29, 0.717) is 12.6 Å². The van der Waals surface area contributed by atoms with Gasteiger partial charge in [-0.1, -0.05) is 18.2 Å². The molecule has 0 radical (unpaired) electrons. The van der Waals surface area contributed by atoms with Crippen LogP contribution >= 0.6 is 23.7 Å². The number of benzene rings is 1. The lowest BCUT2D eigenvalue weighted by Crippen LogP contribution is -2.32. The summed E-state index contributed by atoms with van der Waals surface area (Å²) in [5.41, 5.74) is 7.40. The van der Waals surface area contributed by atoms with Gasteiger partial charge in [-0.05, 0) is 42.0 Å². The molecule has 1 aliphatic carbocycles. The van der Waals surface area contributed by atoms with Crippen LogP contribution in [-0.4, -0.2) is 16.8 Å². The molecule has 0 saturated heterocycles. The summed E-state index contributed by atoms with van der Waals surface area (Å²) in [6.45, 7) is 1.23. The first kappa shape index (κ1) is 16.0. The minimum Gasteiger partial charge on any atom is -0.331 e. The fourth-order valence-corrected chi connectivity index (χ4v) is 2.98. The van der Waals surface area contributed by atoms with Gasteiger partial charge in [-0.2, -0.15) is 0 Å². The van der Waals surface area contributed by atoms with E-state index in [0.717, 1.165) is 30.5 Å². The molecule has 112 valence electrons. The minimum absolute atomic E-state index is 0. The fourth-order valence-electron chi connectivity index (χ4n) is 2.27. The van der Waals surface area contributed by atoms with Crippen molar-refractivity contribution in [1.29, 1.82) is 0 Å². The number of carbonyl (C=O) groups is 1. The number of carbonyl (C=O) groups excluding carboxylic acids is 1. The van der Waals surface area contributed by atoms with Crippen LogP contribution in [-0.2, 0) is 13.1 Å². The summed E-state index contributed by atoms with van der Waals surface area (Å²) >= 11 is 1.70. The summed E-state index contributed by atoms with van der Waals surface area (Å²) in [5, 5.41) is 2.06. The lowest BCUT2D eigenvalue weighted by atomic mass is 10.1. The molecule has 0 bridgehead atoms. The molecule has 0 spiro atoms. The highest BCUT2D eigenvalue weighted by molar-refractivity contribution is 7.09. The topological polar surface area (TPSA) is 46.3 Å². The van der Waals surface area contributed by atoms with Gasteiger partial charge in [0.2, 0.25) is 0 Å². The zero-order valence-corrected chi connectivity index (χ0v) is 13.3. The van der Waals surface area contributed by atoms with Crippen LogP contribution in [0.1, 0.15) is 33.6 Å². The van der Waals surface area contributed by atoms with Gasteiger partial charge >= 0.3 is 0 Å². The van der Waals surface area contributed by atoms with E-state index in [2.05, 4.69) is 11.4 Å². The predicted molar refractivity (Wildman–Crippen MR) is 88.8 cm³/mol. The highest BCUT2D eigenvalue weighted by Crippen LogP contribution is 2.30. The number of rotatable bonds is 5. The van der Waals surface area contributed by atoms with Crippen LogP contribution in [0.15, 0.2) is 41.8 Å². The van der Waals surface area contributed by atoms with Crippen LogP contribution in [0.5, 0.6) is 0 Å². The van der Waals surface area contributed by atoms with Gasteiger partial charge < -0.3 is 10.6 Å². The Bertz CT molecular complexity index is 579. The first-order valence-corrected chi connectivity index (χ1v) is 7.78. The average Bonchev–Trinajstić information content (AvgIpc) is 3.21. The van der Waals surface area contributed by atoms with Crippen molar-refractivity contribution in [3.63, 3.8) is 0 Å². The number of thiophene rings is 1. The van der Waals surface area contributed by atoms with Gasteiger partial charge in [-0.15, -0.1) is 23.7 Å². The molecule has 2 aromatic rings. The molecule has 1 aromatic heterocycles. The average molecular weight is 323 g/mol. The number of hydrogen-bond donors (Lipinski definition) is 1. The standard InChI is InChI=1S/C16H18N2OS.ClH/c17-10-12-3-5-13(6-4-12)16(19)18(14-7-8-14)11-15-2-1-9-20-15;/h1-6,9,14H,7-8,10-11,17H2;1H. The van der Waals surface area contributed by atoms with E-state index in [4.69, 9.17) is 5.73 Å². The number of amides is 1. The molecule has 0 atom stereocenters. The van der Waals surface area contributed by atoms with Crippen molar-refractivity contribution in [2.45, 2.75) is 32.0 Å². The molecule has 3 nitrogen and oxygen atoms in total. The van der Waals surface area contributed by atoms with Crippen LogP contribution in [0.3, 0.4) is 0 Å². The lowest BCUT2D eigenvalue weighted by molar-refractivity contribution is 0.0731. The maximum absolute atomic E-state index is 12.7. The third kappa shape index (κ3) is 3.84. The molecule has 21 heavy (non-hydrogen) atoms. The summed E-state index contributed by atoms with van der Waals surface area (Å²) in [6, 6.07) is 12.2. The first-order chi connectivity index (χ1) is 9.78. The smallest absolute Gasteiger partial charge is 0.254 e. The molecule has 3 rings (SSSR count). The third-order valence-electron chi connectivity index (χ3n) is 3.59. The Labute approximate surface area is 135 Å². The van der Waals surface area contributed by atoms with Crippen LogP contribution in [0.25, 0.3) is 0 Å². The van der Waals surface area contributed by atoms with Gasteiger partial charge in [-0.25, -0.2) is 0 Å². The monoisotopic (exact) mass is 322 g/mol. The molecular formula is C16H19ClN2OS. The lowest BCUT2D eigenvalue weighted by Gasteiger charge is -2.22. The van der Waals surface area contributed by atoms with Crippen LogP contribution in [0, 0.1) is 0 Å². The molecule has 1 aromatic carbocycles. The number of halogens is 1. The van der Waals surface area contributed by atoms with Crippen molar-refractivity contribution in [2.24, 2.45) is 5.73 Å². The quantitative estimate of drug-likeness (QED) is 0.916. The largest absolute Gasteiger partial charge is 0.331 e. The van der Waals surface area contributed by atoms with E-state index in [1.807, 2.05) is 35.2 Å². The minimum atomic E-state index is 0. The number of nitrogens with two attached hydrogens (primary N) is 1. The second kappa shape index (κ2) is 7.07. The zero-order chi connectivity index (χ0) is 13.9.